The minimum absolute atomic E-state index is 0.106. The molecular weight excluding hydrogens is 258 g/mol. The lowest BCUT2D eigenvalue weighted by molar-refractivity contribution is 0.679. The number of nitrogens with one attached hydrogen (secondary N) is 1. The molecule has 0 spiro atoms. The van der Waals surface area contributed by atoms with Crippen LogP contribution in [0.15, 0.2) is 64.1 Å². The zero-order valence-electron chi connectivity index (χ0n) is 10.4. The molecule has 0 amide bonds. The van der Waals surface area contributed by atoms with Crippen LogP contribution in [0.25, 0.3) is 0 Å². The van der Waals surface area contributed by atoms with Crippen LogP contribution in [0, 0.1) is 0 Å². The van der Waals surface area contributed by atoms with Crippen LogP contribution in [-0.4, -0.2) is 17.3 Å². The van der Waals surface area contributed by atoms with Crippen molar-refractivity contribution >= 4 is 22.7 Å². The SMILES string of the molecule is ClC1=NC(C2=CC=CCC2)NC(c2ccccc2)=N1. The Morgan fingerprint density at radius 1 is 1.21 bits per heavy atom. The van der Waals surface area contributed by atoms with Crippen molar-refractivity contribution in [1.82, 2.24) is 5.32 Å². The second kappa shape index (κ2) is 5.41. The molecule has 2 aliphatic rings. The minimum atomic E-state index is -0.106. The zero-order chi connectivity index (χ0) is 13.1. The molecule has 1 aromatic rings. The lowest BCUT2D eigenvalue weighted by Crippen LogP contribution is -2.39. The number of hydrogen-bond donors (Lipinski definition) is 1. The fraction of sp³-hybridized carbons (Fsp3) is 0.200. The van der Waals surface area contributed by atoms with Crippen LogP contribution in [0.1, 0.15) is 18.4 Å². The van der Waals surface area contributed by atoms with Crippen LogP contribution >= 0.6 is 11.6 Å². The van der Waals surface area contributed by atoms with Gasteiger partial charge in [0.2, 0.25) is 5.29 Å². The molecule has 1 aliphatic heterocycles. The third kappa shape index (κ3) is 2.76. The van der Waals surface area contributed by atoms with Crippen LogP contribution in [-0.2, 0) is 0 Å². The summed E-state index contributed by atoms with van der Waals surface area (Å²) in [5.74, 6) is 0.779. The van der Waals surface area contributed by atoms with Gasteiger partial charge in [-0.05, 0) is 30.0 Å². The zero-order valence-corrected chi connectivity index (χ0v) is 11.1. The van der Waals surface area contributed by atoms with Gasteiger partial charge >= 0.3 is 0 Å². The first-order valence-corrected chi connectivity index (χ1v) is 6.70. The Morgan fingerprint density at radius 3 is 2.79 bits per heavy atom. The van der Waals surface area contributed by atoms with E-state index in [1.54, 1.807) is 0 Å². The molecule has 1 aromatic carbocycles. The number of allylic oxidation sites excluding steroid dienone is 3. The van der Waals surface area contributed by atoms with Gasteiger partial charge in [0.05, 0.1) is 0 Å². The molecule has 0 fully saturated rings. The summed E-state index contributed by atoms with van der Waals surface area (Å²) in [6.07, 6.45) is 8.27. The maximum absolute atomic E-state index is 6.05. The molecule has 1 aliphatic carbocycles. The predicted octanol–water partition coefficient (Wildman–Crippen LogP) is 3.23. The Balaban J connectivity index is 1.87. The van der Waals surface area contributed by atoms with Crippen LogP contribution in [0.5, 0.6) is 0 Å². The Morgan fingerprint density at radius 2 is 2.05 bits per heavy atom. The highest BCUT2D eigenvalue weighted by atomic mass is 35.5. The van der Waals surface area contributed by atoms with E-state index < -0.39 is 0 Å². The smallest absolute Gasteiger partial charge is 0.222 e. The highest BCUT2D eigenvalue weighted by molar-refractivity contribution is 6.66. The van der Waals surface area contributed by atoms with Crippen LogP contribution in [0.3, 0.4) is 0 Å². The fourth-order valence-corrected chi connectivity index (χ4v) is 2.37. The minimum Gasteiger partial charge on any atom is -0.344 e. The van der Waals surface area contributed by atoms with Gasteiger partial charge in [-0.1, -0.05) is 48.6 Å². The Kier molecular flexibility index (Phi) is 3.47. The Bertz CT molecular complexity index is 585. The molecule has 0 saturated carbocycles. The van der Waals surface area contributed by atoms with Crippen molar-refractivity contribution < 1.29 is 0 Å². The van der Waals surface area contributed by atoms with Gasteiger partial charge < -0.3 is 5.32 Å². The van der Waals surface area contributed by atoms with Gasteiger partial charge in [0.25, 0.3) is 0 Å². The molecule has 1 N–H and O–H groups in total. The Labute approximate surface area is 117 Å². The summed E-state index contributed by atoms with van der Waals surface area (Å²) in [4.78, 5) is 8.64. The molecule has 1 heterocycles. The van der Waals surface area contributed by atoms with Crippen LogP contribution < -0.4 is 5.32 Å². The molecule has 1 unspecified atom stereocenters. The number of rotatable bonds is 2. The molecule has 4 heteroatoms. The van der Waals surface area contributed by atoms with Gasteiger partial charge in [-0.3, -0.25) is 0 Å². The van der Waals surface area contributed by atoms with E-state index in [4.69, 9.17) is 11.6 Å². The summed E-state index contributed by atoms with van der Waals surface area (Å²) in [7, 11) is 0. The quantitative estimate of drug-likeness (QED) is 0.824. The van der Waals surface area contributed by atoms with Gasteiger partial charge in [0.15, 0.2) is 0 Å². The van der Waals surface area contributed by atoms with E-state index in [0.717, 1.165) is 24.2 Å². The Hall–Kier alpha value is -1.87. The average Bonchev–Trinajstić information content (AvgIpc) is 2.48. The van der Waals surface area contributed by atoms with Crippen molar-refractivity contribution in [3.63, 3.8) is 0 Å². The molecule has 3 rings (SSSR count). The number of nitrogens with zero attached hydrogens (tertiary/aromatic N) is 2. The second-order valence-electron chi connectivity index (χ2n) is 4.48. The lowest BCUT2D eigenvalue weighted by atomic mass is 10.0. The summed E-state index contributed by atoms with van der Waals surface area (Å²) < 4.78 is 0. The van der Waals surface area contributed by atoms with Crippen molar-refractivity contribution in [3.05, 3.63) is 59.7 Å². The predicted molar refractivity (Wildman–Crippen MR) is 79.6 cm³/mol. The first-order valence-electron chi connectivity index (χ1n) is 6.32. The number of amidine groups is 2. The van der Waals surface area contributed by atoms with E-state index >= 15 is 0 Å². The first-order chi connectivity index (χ1) is 9.33. The number of halogens is 1. The summed E-state index contributed by atoms with van der Waals surface area (Å²) in [6, 6.07) is 9.96. The average molecular weight is 272 g/mol. The van der Waals surface area contributed by atoms with Gasteiger partial charge in [0.1, 0.15) is 12.0 Å². The highest BCUT2D eigenvalue weighted by Gasteiger charge is 2.20. The normalized spacial score (nSPS) is 22.2. The summed E-state index contributed by atoms with van der Waals surface area (Å²) >= 11 is 6.05. The van der Waals surface area contributed by atoms with Crippen molar-refractivity contribution in [2.75, 3.05) is 0 Å². The largest absolute Gasteiger partial charge is 0.344 e. The number of hydrogen-bond acceptors (Lipinski definition) is 3. The van der Waals surface area contributed by atoms with Crippen molar-refractivity contribution in [2.24, 2.45) is 9.98 Å². The molecule has 0 radical (unpaired) electrons. The van der Waals surface area contributed by atoms with E-state index in [1.165, 1.54) is 5.57 Å². The summed E-state index contributed by atoms with van der Waals surface area (Å²) in [6.45, 7) is 0. The number of benzene rings is 1. The van der Waals surface area contributed by atoms with E-state index in [-0.39, 0.29) is 6.17 Å². The van der Waals surface area contributed by atoms with Gasteiger partial charge in [0, 0.05) is 5.56 Å². The van der Waals surface area contributed by atoms with E-state index in [9.17, 15) is 0 Å². The monoisotopic (exact) mass is 271 g/mol. The third-order valence-corrected chi connectivity index (χ3v) is 3.34. The van der Waals surface area contributed by atoms with Crippen molar-refractivity contribution in [1.29, 1.82) is 0 Å². The molecule has 0 bridgehead atoms. The van der Waals surface area contributed by atoms with Crippen molar-refractivity contribution in [3.8, 4) is 0 Å². The van der Waals surface area contributed by atoms with E-state index in [0.29, 0.717) is 5.29 Å². The molecule has 3 nitrogen and oxygen atoms in total. The first kappa shape index (κ1) is 12.2. The van der Waals surface area contributed by atoms with E-state index in [1.807, 2.05) is 30.3 Å². The molecule has 19 heavy (non-hydrogen) atoms. The van der Waals surface area contributed by atoms with Crippen molar-refractivity contribution in [2.45, 2.75) is 19.0 Å². The van der Waals surface area contributed by atoms with Gasteiger partial charge in [-0.15, -0.1) is 0 Å². The maximum atomic E-state index is 6.05. The highest BCUT2D eigenvalue weighted by Crippen LogP contribution is 2.20. The molecular formula is C15H14ClN3. The molecule has 0 saturated heterocycles. The van der Waals surface area contributed by atoms with E-state index in [2.05, 4.69) is 33.5 Å². The van der Waals surface area contributed by atoms with Crippen LogP contribution in [0.4, 0.5) is 0 Å². The molecule has 0 aromatic heterocycles. The van der Waals surface area contributed by atoms with Crippen LogP contribution in [0.2, 0.25) is 0 Å². The second-order valence-corrected chi connectivity index (χ2v) is 4.82. The summed E-state index contributed by atoms with van der Waals surface area (Å²) in [5.41, 5.74) is 2.26. The number of aliphatic imine (C=N–C) groups is 2. The maximum Gasteiger partial charge on any atom is 0.222 e. The topological polar surface area (TPSA) is 36.8 Å². The lowest BCUT2D eigenvalue weighted by Gasteiger charge is -2.24. The standard InChI is InChI=1S/C15H14ClN3/c16-15-18-13(11-7-3-1-4-8-11)17-14(19-15)12-9-5-2-6-10-12/h1-5,7-9,14H,6,10H2,(H,17,18,19). The fourth-order valence-electron chi connectivity index (χ4n) is 2.19. The summed E-state index contributed by atoms with van der Waals surface area (Å²) in [5, 5.41) is 3.65. The molecule has 1 atom stereocenters. The van der Waals surface area contributed by atoms with Gasteiger partial charge in [-0.25, -0.2) is 9.98 Å². The van der Waals surface area contributed by atoms with Gasteiger partial charge in [-0.2, -0.15) is 0 Å². The molecule has 96 valence electrons. The third-order valence-electron chi connectivity index (χ3n) is 3.16.